The molecule has 0 aliphatic carbocycles. The molecule has 1 aliphatic heterocycles. The number of carbonyl (C=O) groups is 2. The number of hydrogen-bond acceptors (Lipinski definition) is 5. The molecule has 1 saturated heterocycles. The van der Waals surface area contributed by atoms with Crippen molar-refractivity contribution in [2.45, 2.75) is 12.5 Å². The third-order valence-corrected chi connectivity index (χ3v) is 7.61. The van der Waals surface area contributed by atoms with Crippen LogP contribution in [0.1, 0.15) is 27.1 Å². The van der Waals surface area contributed by atoms with Crippen molar-refractivity contribution in [2.75, 3.05) is 37.7 Å². The molecule has 172 valence electrons. The van der Waals surface area contributed by atoms with Crippen LogP contribution >= 0.6 is 23.2 Å². The molecule has 1 heterocycles. The minimum Gasteiger partial charge on any atom is -0.395 e. The van der Waals surface area contributed by atoms with Gasteiger partial charge in [-0.25, -0.2) is 8.42 Å². The second-order valence-corrected chi connectivity index (χ2v) is 10.7. The zero-order valence-electron chi connectivity index (χ0n) is 17.3. The van der Waals surface area contributed by atoms with Crippen molar-refractivity contribution >= 4 is 44.9 Å². The van der Waals surface area contributed by atoms with Crippen LogP contribution in [0.15, 0.2) is 48.5 Å². The number of halogens is 2. The van der Waals surface area contributed by atoms with Gasteiger partial charge in [0.1, 0.15) is 0 Å². The third-order valence-electron chi connectivity index (χ3n) is 5.36. The lowest BCUT2D eigenvalue weighted by atomic mass is 10.1. The van der Waals surface area contributed by atoms with Gasteiger partial charge in [-0.2, -0.15) is 0 Å². The molecule has 2 aromatic carbocycles. The zero-order valence-corrected chi connectivity index (χ0v) is 19.6. The Balaban J connectivity index is 1.80. The first-order valence-corrected chi connectivity index (χ1v) is 12.7. The van der Waals surface area contributed by atoms with E-state index >= 15 is 0 Å². The van der Waals surface area contributed by atoms with Gasteiger partial charge in [-0.1, -0.05) is 23.2 Å². The van der Waals surface area contributed by atoms with Crippen LogP contribution in [0.25, 0.3) is 0 Å². The van der Waals surface area contributed by atoms with E-state index < -0.39 is 15.9 Å². The molecule has 32 heavy (non-hydrogen) atoms. The smallest absolute Gasteiger partial charge is 0.254 e. The Morgan fingerprint density at radius 3 is 1.88 bits per heavy atom. The monoisotopic (exact) mass is 498 g/mol. The van der Waals surface area contributed by atoms with E-state index in [1.807, 2.05) is 0 Å². The molecule has 3 rings (SSSR count). The van der Waals surface area contributed by atoms with Crippen molar-refractivity contribution in [2.24, 2.45) is 0 Å². The number of aliphatic hydroxyl groups is 1. The SMILES string of the molecule is O=C(c1ccc(Cl)cc1)N(CCO)CCN(C(=O)c1ccc(Cl)cc1)C1CCS(=O)(=O)C1. The van der Waals surface area contributed by atoms with Crippen LogP contribution in [0, 0.1) is 0 Å². The van der Waals surface area contributed by atoms with Crippen molar-refractivity contribution < 1.29 is 23.1 Å². The van der Waals surface area contributed by atoms with E-state index in [0.29, 0.717) is 27.6 Å². The zero-order chi connectivity index (χ0) is 23.3. The summed E-state index contributed by atoms with van der Waals surface area (Å²) >= 11 is 11.8. The Kier molecular flexibility index (Phi) is 8.16. The van der Waals surface area contributed by atoms with E-state index in [4.69, 9.17) is 23.2 Å². The van der Waals surface area contributed by atoms with Gasteiger partial charge in [0.05, 0.1) is 18.1 Å². The highest BCUT2D eigenvalue weighted by atomic mass is 35.5. The molecule has 0 radical (unpaired) electrons. The van der Waals surface area contributed by atoms with Crippen molar-refractivity contribution in [3.8, 4) is 0 Å². The van der Waals surface area contributed by atoms with Gasteiger partial charge in [0.25, 0.3) is 11.8 Å². The van der Waals surface area contributed by atoms with E-state index in [1.165, 1.54) is 9.80 Å². The molecule has 0 bridgehead atoms. The lowest BCUT2D eigenvalue weighted by molar-refractivity contribution is 0.0597. The summed E-state index contributed by atoms with van der Waals surface area (Å²) in [7, 11) is -3.22. The van der Waals surface area contributed by atoms with Crippen LogP contribution in [0.3, 0.4) is 0 Å². The Labute approximate surface area is 197 Å². The maximum absolute atomic E-state index is 13.2. The lowest BCUT2D eigenvalue weighted by Gasteiger charge is -2.31. The van der Waals surface area contributed by atoms with Gasteiger partial charge in [-0.3, -0.25) is 9.59 Å². The van der Waals surface area contributed by atoms with E-state index in [0.717, 1.165) is 0 Å². The molecule has 1 aliphatic rings. The number of carbonyl (C=O) groups excluding carboxylic acids is 2. The average Bonchev–Trinajstić information content (AvgIpc) is 3.13. The fourth-order valence-corrected chi connectivity index (χ4v) is 5.65. The van der Waals surface area contributed by atoms with Crippen molar-refractivity contribution in [3.05, 3.63) is 69.7 Å². The van der Waals surface area contributed by atoms with Crippen LogP contribution < -0.4 is 0 Å². The van der Waals surface area contributed by atoms with Crippen LogP contribution in [-0.2, 0) is 9.84 Å². The fourth-order valence-electron chi connectivity index (χ4n) is 3.67. The number of sulfone groups is 1. The summed E-state index contributed by atoms with van der Waals surface area (Å²) in [6.07, 6.45) is 0.340. The number of benzene rings is 2. The molecule has 1 atom stereocenters. The lowest BCUT2D eigenvalue weighted by Crippen LogP contribution is -2.47. The number of rotatable bonds is 8. The minimum atomic E-state index is -3.22. The van der Waals surface area contributed by atoms with Gasteiger partial charge in [-0.15, -0.1) is 0 Å². The Bertz CT molecular complexity index is 1060. The van der Waals surface area contributed by atoms with E-state index in [-0.39, 0.29) is 49.6 Å². The van der Waals surface area contributed by atoms with Gasteiger partial charge < -0.3 is 14.9 Å². The Morgan fingerprint density at radius 2 is 1.41 bits per heavy atom. The normalized spacial score (nSPS) is 17.2. The first kappa shape index (κ1) is 24.5. The highest BCUT2D eigenvalue weighted by molar-refractivity contribution is 7.91. The van der Waals surface area contributed by atoms with E-state index in [1.54, 1.807) is 48.5 Å². The number of amides is 2. The predicted molar refractivity (Wildman–Crippen MR) is 124 cm³/mol. The maximum Gasteiger partial charge on any atom is 0.254 e. The van der Waals surface area contributed by atoms with Crippen LogP contribution in [-0.4, -0.2) is 78.9 Å². The van der Waals surface area contributed by atoms with Crippen molar-refractivity contribution in [1.82, 2.24) is 9.80 Å². The maximum atomic E-state index is 13.2. The second-order valence-electron chi connectivity index (χ2n) is 7.58. The van der Waals surface area contributed by atoms with Gasteiger partial charge >= 0.3 is 0 Å². The van der Waals surface area contributed by atoms with Gasteiger partial charge in [0.2, 0.25) is 0 Å². The minimum absolute atomic E-state index is 0.0200. The molecule has 2 aromatic rings. The largest absolute Gasteiger partial charge is 0.395 e. The molecule has 2 amide bonds. The summed E-state index contributed by atoms with van der Waals surface area (Å²) in [6, 6.07) is 12.3. The summed E-state index contributed by atoms with van der Waals surface area (Å²) in [5, 5.41) is 10.4. The van der Waals surface area contributed by atoms with Crippen LogP contribution in [0.2, 0.25) is 10.0 Å². The third kappa shape index (κ3) is 6.22. The van der Waals surface area contributed by atoms with Crippen LogP contribution in [0.4, 0.5) is 0 Å². The fraction of sp³-hybridized carbons (Fsp3) is 0.364. The standard InChI is InChI=1S/C22H24Cl2N2O5S/c23-18-5-1-16(2-6-18)21(28)25(12-13-27)10-11-26(20-9-14-32(30,31)15-20)22(29)17-3-7-19(24)8-4-17/h1-8,20,27H,9-15H2. The summed E-state index contributed by atoms with van der Waals surface area (Å²) in [4.78, 5) is 29.1. The molecule has 0 spiro atoms. The Hall–Kier alpha value is -2.13. The molecular formula is C22H24Cl2N2O5S. The van der Waals surface area contributed by atoms with Crippen molar-refractivity contribution in [3.63, 3.8) is 0 Å². The number of aliphatic hydroxyl groups excluding tert-OH is 1. The van der Waals surface area contributed by atoms with Gasteiger partial charge in [-0.05, 0) is 55.0 Å². The quantitative estimate of drug-likeness (QED) is 0.603. The summed E-state index contributed by atoms with van der Waals surface area (Å²) < 4.78 is 24.1. The molecule has 0 saturated carbocycles. The van der Waals surface area contributed by atoms with Gasteiger partial charge in [0.15, 0.2) is 9.84 Å². The first-order chi connectivity index (χ1) is 15.2. The molecule has 1 N–H and O–H groups in total. The molecule has 0 aromatic heterocycles. The summed E-state index contributed by atoms with van der Waals surface area (Å²) in [5.41, 5.74) is 0.790. The number of hydrogen-bond donors (Lipinski definition) is 1. The van der Waals surface area contributed by atoms with E-state index in [2.05, 4.69) is 0 Å². The molecule has 1 fully saturated rings. The summed E-state index contributed by atoms with van der Waals surface area (Å²) in [6.45, 7) is 0.0918. The molecular weight excluding hydrogens is 475 g/mol. The van der Waals surface area contributed by atoms with Crippen LogP contribution in [0.5, 0.6) is 0 Å². The van der Waals surface area contributed by atoms with Gasteiger partial charge in [0, 0.05) is 46.8 Å². The van der Waals surface area contributed by atoms with E-state index in [9.17, 15) is 23.1 Å². The molecule has 10 heteroatoms. The second kappa shape index (κ2) is 10.7. The molecule has 1 unspecified atom stereocenters. The topological polar surface area (TPSA) is 95.0 Å². The molecule has 7 nitrogen and oxygen atoms in total. The average molecular weight is 499 g/mol. The summed E-state index contributed by atoms with van der Waals surface area (Å²) in [5.74, 6) is -0.732. The van der Waals surface area contributed by atoms with Crippen molar-refractivity contribution in [1.29, 1.82) is 0 Å². The highest BCUT2D eigenvalue weighted by Gasteiger charge is 2.35. The first-order valence-electron chi connectivity index (χ1n) is 10.1. The highest BCUT2D eigenvalue weighted by Crippen LogP contribution is 2.21. The predicted octanol–water partition coefficient (Wildman–Crippen LogP) is 2.76. The Morgan fingerprint density at radius 1 is 0.875 bits per heavy atom. The number of nitrogens with zero attached hydrogens (tertiary/aromatic N) is 2.